The van der Waals surface area contributed by atoms with E-state index in [2.05, 4.69) is 37.4 Å². The number of rotatable bonds is 8. The smallest absolute Gasteiger partial charge is 0.275 e. The standard InChI is InChI=1S/C30H28N6O4S/c1-18-26(16-41-30-32-17-33-36-30)39-29(40-27(18)20-8-6-19(15-37)7-9-20)21-10-12-22(13-11-21)34-28(38)25-14-31-23-4-2-3-5-24(23)35-25/h2-14,17-18,26-27,29,37H,15-16H2,1H3,(H,34,38)(H,32,33,36)/t18-,26+,27+,29+/m1/s1. The molecule has 1 aliphatic heterocycles. The van der Waals surface area contributed by atoms with Crippen LogP contribution in [0.2, 0.25) is 0 Å². The number of nitrogens with one attached hydrogen (secondary N) is 2. The number of nitrogens with zero attached hydrogens (tertiary/aromatic N) is 4. The molecular weight excluding hydrogens is 540 g/mol. The molecule has 0 aliphatic carbocycles. The van der Waals surface area contributed by atoms with E-state index in [1.807, 2.05) is 72.8 Å². The third kappa shape index (κ3) is 6.13. The van der Waals surface area contributed by atoms with Crippen LogP contribution in [0.25, 0.3) is 11.0 Å². The predicted molar refractivity (Wildman–Crippen MR) is 154 cm³/mol. The Kier molecular flexibility index (Phi) is 8.01. The molecule has 1 amide bonds. The summed E-state index contributed by atoms with van der Waals surface area (Å²) in [4.78, 5) is 25.8. The lowest BCUT2D eigenvalue weighted by Crippen LogP contribution is -2.38. The first-order chi connectivity index (χ1) is 20.1. The van der Waals surface area contributed by atoms with E-state index in [9.17, 15) is 9.90 Å². The molecule has 11 heteroatoms. The van der Waals surface area contributed by atoms with Gasteiger partial charge in [0.05, 0.1) is 36.0 Å². The molecule has 0 saturated carbocycles. The van der Waals surface area contributed by atoms with Crippen molar-refractivity contribution in [1.29, 1.82) is 0 Å². The molecule has 2 aromatic heterocycles. The molecule has 0 unspecified atom stereocenters. The highest BCUT2D eigenvalue weighted by Crippen LogP contribution is 2.43. The first-order valence-electron chi connectivity index (χ1n) is 13.2. The van der Waals surface area contributed by atoms with Gasteiger partial charge < -0.3 is 19.9 Å². The lowest BCUT2D eigenvalue weighted by Gasteiger charge is -2.41. The monoisotopic (exact) mass is 568 g/mol. The van der Waals surface area contributed by atoms with Crippen LogP contribution in [0, 0.1) is 5.92 Å². The Morgan fingerprint density at radius 2 is 1.73 bits per heavy atom. The molecule has 1 saturated heterocycles. The Labute approximate surface area is 240 Å². The molecule has 41 heavy (non-hydrogen) atoms. The van der Waals surface area contributed by atoms with E-state index in [4.69, 9.17) is 9.47 Å². The van der Waals surface area contributed by atoms with Crippen molar-refractivity contribution in [3.8, 4) is 0 Å². The summed E-state index contributed by atoms with van der Waals surface area (Å²) in [7, 11) is 0. The summed E-state index contributed by atoms with van der Waals surface area (Å²) in [5.41, 5.74) is 4.93. The molecule has 3 N–H and O–H groups in total. The number of carbonyl (C=O) groups excluding carboxylic acids is 1. The fourth-order valence-electron chi connectivity index (χ4n) is 4.72. The van der Waals surface area contributed by atoms with Crippen LogP contribution in [0.3, 0.4) is 0 Å². The molecule has 1 aliphatic rings. The van der Waals surface area contributed by atoms with Gasteiger partial charge in [-0.05, 0) is 35.4 Å². The molecule has 4 atom stereocenters. The van der Waals surface area contributed by atoms with Gasteiger partial charge in [-0.15, -0.1) is 0 Å². The number of hydrogen-bond donors (Lipinski definition) is 3. The number of aromatic amines is 1. The van der Waals surface area contributed by atoms with Gasteiger partial charge in [0.1, 0.15) is 12.0 Å². The Balaban J connectivity index is 1.19. The number of thioether (sulfide) groups is 1. The topological polar surface area (TPSA) is 135 Å². The number of carbonyl (C=O) groups is 1. The zero-order chi connectivity index (χ0) is 28.2. The van der Waals surface area contributed by atoms with Gasteiger partial charge in [0.2, 0.25) is 0 Å². The number of hydrogen-bond acceptors (Lipinski definition) is 9. The number of amides is 1. The van der Waals surface area contributed by atoms with Crippen LogP contribution in [0.15, 0.2) is 90.5 Å². The number of para-hydroxylation sites is 2. The maximum atomic E-state index is 12.8. The van der Waals surface area contributed by atoms with Crippen LogP contribution in [-0.4, -0.2) is 48.0 Å². The van der Waals surface area contributed by atoms with Gasteiger partial charge in [0.15, 0.2) is 11.4 Å². The van der Waals surface area contributed by atoms with Crippen molar-refractivity contribution in [1.82, 2.24) is 25.1 Å². The average Bonchev–Trinajstić information content (AvgIpc) is 3.55. The second-order valence-corrected chi connectivity index (χ2v) is 10.8. The maximum absolute atomic E-state index is 12.8. The number of aromatic nitrogens is 5. The van der Waals surface area contributed by atoms with Crippen molar-refractivity contribution in [2.24, 2.45) is 5.92 Å². The minimum Gasteiger partial charge on any atom is -0.392 e. The summed E-state index contributed by atoms with van der Waals surface area (Å²) >= 11 is 1.54. The van der Waals surface area contributed by atoms with Gasteiger partial charge in [0, 0.05) is 22.9 Å². The van der Waals surface area contributed by atoms with Crippen LogP contribution >= 0.6 is 11.8 Å². The first kappa shape index (κ1) is 27.0. The number of H-pyrrole nitrogens is 1. The van der Waals surface area contributed by atoms with Gasteiger partial charge in [-0.1, -0.05) is 67.2 Å². The van der Waals surface area contributed by atoms with E-state index >= 15 is 0 Å². The van der Waals surface area contributed by atoms with E-state index in [0.717, 1.165) is 27.4 Å². The van der Waals surface area contributed by atoms with Crippen molar-refractivity contribution in [3.05, 3.63) is 108 Å². The van der Waals surface area contributed by atoms with Gasteiger partial charge in [-0.25, -0.2) is 9.97 Å². The van der Waals surface area contributed by atoms with Crippen LogP contribution in [0.5, 0.6) is 0 Å². The van der Waals surface area contributed by atoms with Gasteiger partial charge >= 0.3 is 0 Å². The largest absolute Gasteiger partial charge is 0.392 e. The number of aliphatic hydroxyl groups is 1. The molecule has 3 heterocycles. The van der Waals surface area contributed by atoms with Crippen molar-refractivity contribution in [2.45, 2.75) is 37.2 Å². The van der Waals surface area contributed by atoms with Gasteiger partial charge in [0.25, 0.3) is 5.91 Å². The van der Waals surface area contributed by atoms with Crippen LogP contribution in [0.1, 0.15) is 46.5 Å². The SMILES string of the molecule is C[C@@H]1[C@H](CSc2ncn[nH]2)O[C@H](c2ccc(NC(=O)c3cnc4ccccc4n3)cc2)O[C@@H]1c1ccc(CO)cc1. The third-order valence-electron chi connectivity index (χ3n) is 7.02. The van der Waals surface area contributed by atoms with E-state index in [1.54, 1.807) is 11.8 Å². The van der Waals surface area contributed by atoms with E-state index < -0.39 is 6.29 Å². The number of fused-ring (bicyclic) bond motifs is 1. The summed E-state index contributed by atoms with van der Waals surface area (Å²) in [5.74, 6) is 0.358. The zero-order valence-corrected chi connectivity index (χ0v) is 23.0. The third-order valence-corrected chi connectivity index (χ3v) is 7.99. The Hall–Kier alpha value is -4.16. The molecule has 3 aromatic carbocycles. The zero-order valence-electron chi connectivity index (χ0n) is 22.2. The van der Waals surface area contributed by atoms with Gasteiger partial charge in [-0.3, -0.25) is 14.9 Å². The van der Waals surface area contributed by atoms with E-state index in [-0.39, 0.29) is 36.3 Å². The summed E-state index contributed by atoms with van der Waals surface area (Å²) < 4.78 is 13.0. The Morgan fingerprint density at radius 3 is 2.46 bits per heavy atom. The fraction of sp³-hybridized carbons (Fsp3) is 0.233. The highest BCUT2D eigenvalue weighted by molar-refractivity contribution is 7.99. The fourth-order valence-corrected chi connectivity index (χ4v) is 5.66. The minimum absolute atomic E-state index is 0.0140. The average molecular weight is 569 g/mol. The molecule has 10 nitrogen and oxygen atoms in total. The van der Waals surface area contributed by atoms with Crippen LogP contribution in [-0.2, 0) is 16.1 Å². The number of ether oxygens (including phenoxy) is 2. The van der Waals surface area contributed by atoms with Crippen LogP contribution < -0.4 is 5.32 Å². The lowest BCUT2D eigenvalue weighted by molar-refractivity contribution is -0.268. The first-order valence-corrected chi connectivity index (χ1v) is 14.2. The van der Waals surface area contributed by atoms with E-state index in [0.29, 0.717) is 17.0 Å². The summed E-state index contributed by atoms with van der Waals surface area (Å²) in [6.45, 7) is 2.10. The number of benzene rings is 3. The molecule has 0 spiro atoms. The second kappa shape index (κ2) is 12.1. The Morgan fingerprint density at radius 1 is 0.976 bits per heavy atom. The number of anilines is 1. The quantitative estimate of drug-likeness (QED) is 0.219. The maximum Gasteiger partial charge on any atom is 0.275 e. The normalized spacial score (nSPS) is 20.6. The van der Waals surface area contributed by atoms with E-state index in [1.165, 1.54) is 12.5 Å². The summed E-state index contributed by atoms with van der Waals surface area (Å²) in [6, 6.07) is 22.6. The molecule has 0 radical (unpaired) electrons. The van der Waals surface area contributed by atoms with Crippen molar-refractivity contribution < 1.29 is 19.4 Å². The second-order valence-electron chi connectivity index (χ2n) is 9.74. The Bertz CT molecular complexity index is 1610. The molecular formula is C30H28N6O4S. The summed E-state index contributed by atoms with van der Waals surface area (Å²) in [5, 5.41) is 19.9. The van der Waals surface area contributed by atoms with Gasteiger partial charge in [-0.2, -0.15) is 5.10 Å². The lowest BCUT2D eigenvalue weighted by atomic mass is 9.91. The van der Waals surface area contributed by atoms with Crippen molar-refractivity contribution in [3.63, 3.8) is 0 Å². The highest BCUT2D eigenvalue weighted by Gasteiger charge is 2.38. The molecule has 1 fully saturated rings. The van der Waals surface area contributed by atoms with Crippen molar-refractivity contribution >= 4 is 34.4 Å². The number of aliphatic hydroxyl groups excluding tert-OH is 1. The minimum atomic E-state index is -0.620. The molecule has 0 bridgehead atoms. The summed E-state index contributed by atoms with van der Waals surface area (Å²) in [6.07, 6.45) is 1.97. The highest BCUT2D eigenvalue weighted by atomic mass is 32.2. The predicted octanol–water partition coefficient (Wildman–Crippen LogP) is 5.08. The van der Waals surface area contributed by atoms with Crippen LogP contribution in [0.4, 0.5) is 5.69 Å². The molecule has 208 valence electrons. The van der Waals surface area contributed by atoms with Crippen molar-refractivity contribution in [2.75, 3.05) is 11.1 Å². The molecule has 6 rings (SSSR count). The molecule has 5 aromatic rings.